The van der Waals surface area contributed by atoms with Gasteiger partial charge in [0.1, 0.15) is 17.4 Å². The van der Waals surface area contributed by atoms with Gasteiger partial charge in [0, 0.05) is 34.5 Å². The highest BCUT2D eigenvalue weighted by atomic mass is 127. The van der Waals surface area contributed by atoms with Crippen molar-refractivity contribution in [1.29, 1.82) is 5.41 Å². The van der Waals surface area contributed by atoms with Gasteiger partial charge in [-0.2, -0.15) is 0 Å². The molecule has 0 radical (unpaired) electrons. The molecule has 0 saturated carbocycles. The Morgan fingerprint density at radius 3 is 2.39 bits per heavy atom. The number of esters is 1. The molecule has 0 saturated heterocycles. The van der Waals surface area contributed by atoms with Crippen molar-refractivity contribution in [2.75, 3.05) is 39.1 Å². The molecule has 0 bridgehead atoms. The summed E-state index contributed by atoms with van der Waals surface area (Å²) >= 11 is 2.21. The van der Waals surface area contributed by atoms with Crippen LogP contribution in [0, 0.1) is 5.41 Å². The van der Waals surface area contributed by atoms with Gasteiger partial charge in [-0.3, -0.25) is 20.6 Å². The van der Waals surface area contributed by atoms with E-state index in [0.29, 0.717) is 32.7 Å². The van der Waals surface area contributed by atoms with Crippen molar-refractivity contribution in [3.05, 3.63) is 77.0 Å². The summed E-state index contributed by atoms with van der Waals surface area (Å²) in [7, 11) is 5.91. The van der Waals surface area contributed by atoms with Crippen molar-refractivity contribution in [2.45, 2.75) is 10.5 Å². The second-order valence-electron chi connectivity index (χ2n) is 7.97. The number of nitrogens with one attached hydrogen (secondary N) is 3. The SMILES string of the molecule is COC(=O)c1cccnc1NN(C)C(=O)C(Nc1ccc(C(=N)N)cc1)c1ccc(OC)c(OC)c1CI. The van der Waals surface area contributed by atoms with Gasteiger partial charge in [-0.25, -0.2) is 9.78 Å². The topological polar surface area (TPSA) is 152 Å². The van der Waals surface area contributed by atoms with Crippen LogP contribution in [0.2, 0.25) is 0 Å². The maximum atomic E-state index is 13.9. The molecule has 0 aliphatic carbocycles. The van der Waals surface area contributed by atoms with Crippen LogP contribution in [0.1, 0.15) is 33.1 Å². The Morgan fingerprint density at radius 2 is 1.82 bits per heavy atom. The second kappa shape index (κ2) is 12.9. The first kappa shape index (κ1) is 28.5. The molecular formula is C26H29IN6O5. The van der Waals surface area contributed by atoms with E-state index < -0.39 is 12.0 Å². The maximum absolute atomic E-state index is 13.9. The number of rotatable bonds is 11. The fraction of sp³-hybridized carbons (Fsp3) is 0.231. The number of amidine groups is 1. The van der Waals surface area contributed by atoms with Crippen LogP contribution in [-0.4, -0.2) is 56.1 Å². The molecular weight excluding hydrogens is 603 g/mol. The predicted octanol–water partition coefficient (Wildman–Crippen LogP) is 3.74. The number of benzene rings is 2. The normalized spacial score (nSPS) is 11.2. The minimum atomic E-state index is -0.884. The third-order valence-electron chi connectivity index (χ3n) is 5.70. The number of pyridine rings is 1. The van der Waals surface area contributed by atoms with Gasteiger partial charge in [0.05, 0.1) is 21.3 Å². The Morgan fingerprint density at radius 1 is 1.11 bits per heavy atom. The molecule has 0 fully saturated rings. The molecule has 0 aliphatic rings. The van der Waals surface area contributed by atoms with Crippen LogP contribution in [0.5, 0.6) is 11.5 Å². The number of nitrogen functional groups attached to an aromatic ring is 1. The number of amides is 1. The molecule has 38 heavy (non-hydrogen) atoms. The number of alkyl halides is 1. The van der Waals surface area contributed by atoms with Gasteiger partial charge in [0.2, 0.25) is 0 Å². The minimum absolute atomic E-state index is 0.0584. The first-order chi connectivity index (χ1) is 18.2. The molecule has 200 valence electrons. The largest absolute Gasteiger partial charge is 0.493 e. The Hall–Kier alpha value is -4.07. The van der Waals surface area contributed by atoms with Crippen molar-refractivity contribution in [3.63, 3.8) is 0 Å². The Balaban J connectivity index is 2.05. The van der Waals surface area contributed by atoms with E-state index in [0.717, 1.165) is 5.56 Å². The van der Waals surface area contributed by atoms with Crippen molar-refractivity contribution < 1.29 is 23.8 Å². The third-order valence-corrected chi connectivity index (χ3v) is 6.46. The highest BCUT2D eigenvalue weighted by Crippen LogP contribution is 2.38. The number of hydrazine groups is 1. The number of anilines is 2. The average Bonchev–Trinajstić information content (AvgIpc) is 2.94. The molecule has 12 heteroatoms. The van der Waals surface area contributed by atoms with E-state index in [9.17, 15) is 9.59 Å². The van der Waals surface area contributed by atoms with Crippen molar-refractivity contribution in [1.82, 2.24) is 9.99 Å². The number of ether oxygens (including phenoxy) is 3. The van der Waals surface area contributed by atoms with Gasteiger partial charge < -0.3 is 25.3 Å². The van der Waals surface area contributed by atoms with Crippen LogP contribution >= 0.6 is 22.6 Å². The highest BCUT2D eigenvalue weighted by molar-refractivity contribution is 14.1. The number of likely N-dealkylation sites (N-methyl/N-ethyl adjacent to an activating group) is 1. The summed E-state index contributed by atoms with van der Waals surface area (Å²) in [5.74, 6) is 0.217. The number of hydrogen-bond acceptors (Lipinski definition) is 9. The second-order valence-corrected chi connectivity index (χ2v) is 8.73. The first-order valence-electron chi connectivity index (χ1n) is 11.3. The summed E-state index contributed by atoms with van der Waals surface area (Å²) in [5.41, 5.74) is 11.3. The molecule has 1 heterocycles. The van der Waals surface area contributed by atoms with E-state index >= 15 is 0 Å². The standard InChI is InChI=1S/C26H29IN6O5/c1-33(32-24-18(26(35)38-4)6-5-13-30-24)25(34)21(31-16-9-7-15(8-10-16)23(28)29)17-11-12-20(36-2)22(37-3)19(17)14-27/h5-13,21,31H,14H2,1-4H3,(H3,28,29)(H,30,32). The fourth-order valence-electron chi connectivity index (χ4n) is 3.78. The monoisotopic (exact) mass is 632 g/mol. The molecule has 0 spiro atoms. The molecule has 11 nitrogen and oxygen atoms in total. The summed E-state index contributed by atoms with van der Waals surface area (Å²) in [6.45, 7) is 0. The van der Waals surface area contributed by atoms with Gasteiger partial charge >= 0.3 is 5.97 Å². The number of nitrogens with two attached hydrogens (primary N) is 1. The number of carbonyl (C=O) groups is 2. The van der Waals surface area contributed by atoms with E-state index in [-0.39, 0.29) is 23.1 Å². The van der Waals surface area contributed by atoms with Crippen LogP contribution in [0.25, 0.3) is 0 Å². The van der Waals surface area contributed by atoms with Crippen LogP contribution in [-0.2, 0) is 14.0 Å². The summed E-state index contributed by atoms with van der Waals surface area (Å²) in [6, 6.07) is 12.7. The van der Waals surface area contributed by atoms with Crippen LogP contribution < -0.4 is 25.9 Å². The van der Waals surface area contributed by atoms with Gasteiger partial charge in [-0.1, -0.05) is 28.7 Å². The van der Waals surface area contributed by atoms with E-state index in [2.05, 4.69) is 38.3 Å². The van der Waals surface area contributed by atoms with Gasteiger partial charge in [-0.15, -0.1) is 0 Å². The Labute approximate surface area is 234 Å². The maximum Gasteiger partial charge on any atom is 0.341 e. The van der Waals surface area contributed by atoms with E-state index in [1.54, 1.807) is 56.7 Å². The number of nitrogens with zero attached hydrogens (tertiary/aromatic N) is 2. The average molecular weight is 632 g/mol. The van der Waals surface area contributed by atoms with Gasteiger partial charge in [-0.05, 0) is 48.0 Å². The molecule has 2 aromatic carbocycles. The number of methoxy groups -OCH3 is 3. The first-order valence-corrected chi connectivity index (χ1v) is 12.9. The van der Waals surface area contributed by atoms with Crippen LogP contribution in [0.4, 0.5) is 11.5 Å². The summed E-state index contributed by atoms with van der Waals surface area (Å²) in [5, 5.41) is 12.2. The lowest BCUT2D eigenvalue weighted by molar-refractivity contribution is -0.129. The molecule has 3 rings (SSSR count). The summed E-state index contributed by atoms with van der Waals surface area (Å²) in [6.07, 6.45) is 1.50. The van der Waals surface area contributed by atoms with Crippen molar-refractivity contribution >= 4 is 51.8 Å². The Kier molecular flexibility index (Phi) is 9.71. The van der Waals surface area contributed by atoms with E-state index in [4.69, 9.17) is 25.4 Å². The van der Waals surface area contributed by atoms with Crippen molar-refractivity contribution in [3.8, 4) is 11.5 Å². The molecule has 1 amide bonds. The third kappa shape index (κ3) is 6.25. The number of hydrogen-bond donors (Lipinski definition) is 4. The number of aromatic nitrogens is 1. The molecule has 1 atom stereocenters. The molecule has 1 unspecified atom stereocenters. The van der Waals surface area contributed by atoms with Crippen LogP contribution in [0.15, 0.2) is 54.7 Å². The Bertz CT molecular complexity index is 1320. The summed E-state index contributed by atoms with van der Waals surface area (Å²) < 4.78 is 16.5. The van der Waals surface area contributed by atoms with Crippen LogP contribution in [0.3, 0.4) is 0 Å². The van der Waals surface area contributed by atoms with Gasteiger partial charge in [0.25, 0.3) is 5.91 Å². The zero-order valence-electron chi connectivity index (χ0n) is 21.4. The summed E-state index contributed by atoms with van der Waals surface area (Å²) in [4.78, 5) is 30.3. The fourth-order valence-corrected chi connectivity index (χ4v) is 4.56. The van der Waals surface area contributed by atoms with Gasteiger partial charge in [0.15, 0.2) is 17.3 Å². The lowest BCUT2D eigenvalue weighted by Crippen LogP contribution is -2.40. The lowest BCUT2D eigenvalue weighted by Gasteiger charge is -2.28. The highest BCUT2D eigenvalue weighted by Gasteiger charge is 2.30. The quantitative estimate of drug-likeness (QED) is 0.0619. The minimum Gasteiger partial charge on any atom is -0.493 e. The molecule has 3 aromatic rings. The van der Waals surface area contributed by atoms with E-state index in [1.807, 2.05) is 6.07 Å². The molecule has 0 aliphatic heterocycles. The zero-order chi connectivity index (χ0) is 27.8. The lowest BCUT2D eigenvalue weighted by atomic mass is 9.98. The smallest absolute Gasteiger partial charge is 0.341 e. The number of halogens is 1. The molecule has 1 aromatic heterocycles. The zero-order valence-corrected chi connectivity index (χ0v) is 23.5. The predicted molar refractivity (Wildman–Crippen MR) is 153 cm³/mol. The van der Waals surface area contributed by atoms with Crippen molar-refractivity contribution in [2.24, 2.45) is 5.73 Å². The van der Waals surface area contributed by atoms with E-state index in [1.165, 1.54) is 25.4 Å². The molecule has 5 N–H and O–H groups in total. The number of carbonyl (C=O) groups excluding carboxylic acids is 2.